The third kappa shape index (κ3) is 2.65. The first-order valence-corrected chi connectivity index (χ1v) is 6.12. The maximum Gasteiger partial charge on any atom is 0.339 e. The van der Waals surface area contributed by atoms with Crippen LogP contribution in [0.5, 0.6) is 0 Å². The van der Waals surface area contributed by atoms with E-state index in [9.17, 15) is 14.9 Å². The van der Waals surface area contributed by atoms with E-state index in [0.717, 1.165) is 0 Å². The van der Waals surface area contributed by atoms with Gasteiger partial charge >= 0.3 is 5.97 Å². The highest BCUT2D eigenvalue weighted by Crippen LogP contribution is 2.28. The molecule has 1 aromatic rings. The van der Waals surface area contributed by atoms with Crippen LogP contribution in [-0.2, 0) is 10.1 Å². The van der Waals surface area contributed by atoms with Crippen molar-refractivity contribution in [3.63, 3.8) is 0 Å². The molecular formula is C11H9BrN2O4. The SMILES string of the molecule is CCOC(=O)c1ccc(CBr)c([N+](=O)[O-])c1C#N. The van der Waals surface area contributed by atoms with Gasteiger partial charge in [-0.25, -0.2) is 4.79 Å². The Hall–Kier alpha value is -1.94. The highest BCUT2D eigenvalue weighted by atomic mass is 79.9. The fraction of sp³-hybridized carbons (Fsp3) is 0.273. The maximum absolute atomic E-state index is 11.6. The van der Waals surface area contributed by atoms with Gasteiger partial charge in [0.15, 0.2) is 0 Å². The average molecular weight is 313 g/mol. The molecule has 0 saturated carbocycles. The second-order valence-electron chi connectivity index (χ2n) is 3.22. The lowest BCUT2D eigenvalue weighted by Gasteiger charge is -2.06. The van der Waals surface area contributed by atoms with Gasteiger partial charge in [-0.15, -0.1) is 0 Å². The Morgan fingerprint density at radius 1 is 1.61 bits per heavy atom. The van der Waals surface area contributed by atoms with Crippen molar-refractivity contribution >= 4 is 27.6 Å². The van der Waals surface area contributed by atoms with Crippen LogP contribution in [-0.4, -0.2) is 17.5 Å². The van der Waals surface area contributed by atoms with Crippen molar-refractivity contribution in [2.45, 2.75) is 12.3 Å². The quantitative estimate of drug-likeness (QED) is 0.368. The molecule has 0 aliphatic heterocycles. The van der Waals surface area contributed by atoms with Crippen molar-refractivity contribution in [1.82, 2.24) is 0 Å². The van der Waals surface area contributed by atoms with Gasteiger partial charge in [-0.1, -0.05) is 22.0 Å². The molecule has 0 saturated heterocycles. The van der Waals surface area contributed by atoms with Crippen LogP contribution in [0.2, 0.25) is 0 Å². The molecule has 0 atom stereocenters. The first kappa shape index (κ1) is 14.1. The number of nitrogens with zero attached hydrogens (tertiary/aromatic N) is 2. The van der Waals surface area contributed by atoms with E-state index in [1.54, 1.807) is 13.0 Å². The van der Waals surface area contributed by atoms with E-state index in [4.69, 9.17) is 10.00 Å². The molecule has 0 aromatic heterocycles. The standard InChI is InChI=1S/C11H9BrN2O4/c1-2-18-11(15)8-4-3-7(5-12)10(14(16)17)9(8)6-13/h3-4H,2,5H2,1H3. The van der Waals surface area contributed by atoms with Gasteiger partial charge < -0.3 is 4.74 Å². The largest absolute Gasteiger partial charge is 0.462 e. The lowest BCUT2D eigenvalue weighted by Crippen LogP contribution is -2.09. The molecule has 0 heterocycles. The Kier molecular flexibility index (Phi) is 4.80. The summed E-state index contributed by atoms with van der Waals surface area (Å²) < 4.78 is 4.75. The van der Waals surface area contributed by atoms with Crippen LogP contribution in [0, 0.1) is 21.4 Å². The van der Waals surface area contributed by atoms with Gasteiger partial charge in [-0.05, 0) is 13.0 Å². The van der Waals surface area contributed by atoms with Crippen molar-refractivity contribution in [2.75, 3.05) is 6.61 Å². The van der Waals surface area contributed by atoms with Gasteiger partial charge in [0.25, 0.3) is 5.69 Å². The van der Waals surface area contributed by atoms with E-state index in [1.165, 1.54) is 12.1 Å². The Labute approximate surface area is 111 Å². The minimum absolute atomic E-state index is 0.0873. The summed E-state index contributed by atoms with van der Waals surface area (Å²) >= 11 is 3.10. The van der Waals surface area contributed by atoms with Crippen LogP contribution in [0.3, 0.4) is 0 Å². The molecule has 0 aliphatic carbocycles. The number of carbonyl (C=O) groups is 1. The van der Waals surface area contributed by atoms with Gasteiger partial charge in [-0.2, -0.15) is 5.26 Å². The number of rotatable bonds is 4. The summed E-state index contributed by atoms with van der Waals surface area (Å²) in [4.78, 5) is 21.9. The fourth-order valence-corrected chi connectivity index (χ4v) is 1.90. The smallest absolute Gasteiger partial charge is 0.339 e. The molecule has 1 rings (SSSR count). The highest BCUT2D eigenvalue weighted by molar-refractivity contribution is 9.08. The number of benzene rings is 1. The number of nitriles is 1. The zero-order valence-corrected chi connectivity index (χ0v) is 11.1. The van der Waals surface area contributed by atoms with E-state index in [2.05, 4.69) is 15.9 Å². The van der Waals surface area contributed by atoms with Crippen LogP contribution in [0.4, 0.5) is 5.69 Å². The molecule has 0 bridgehead atoms. The Bertz CT molecular complexity index is 537. The number of alkyl halides is 1. The van der Waals surface area contributed by atoms with Crippen LogP contribution in [0.1, 0.15) is 28.4 Å². The Morgan fingerprint density at radius 2 is 2.28 bits per heavy atom. The van der Waals surface area contributed by atoms with Crippen LogP contribution < -0.4 is 0 Å². The number of ether oxygens (including phenoxy) is 1. The summed E-state index contributed by atoms with van der Waals surface area (Å²) in [5, 5.41) is 20.2. The number of nitro groups is 1. The van der Waals surface area contributed by atoms with Gasteiger partial charge in [0, 0.05) is 10.9 Å². The first-order chi connectivity index (χ1) is 8.56. The number of esters is 1. The highest BCUT2D eigenvalue weighted by Gasteiger charge is 2.26. The topological polar surface area (TPSA) is 93.2 Å². The fourth-order valence-electron chi connectivity index (χ4n) is 1.44. The zero-order chi connectivity index (χ0) is 13.7. The van der Waals surface area contributed by atoms with E-state index in [-0.39, 0.29) is 28.8 Å². The number of hydrogen-bond acceptors (Lipinski definition) is 5. The predicted molar refractivity (Wildman–Crippen MR) is 66.4 cm³/mol. The Balaban J connectivity index is 3.49. The lowest BCUT2D eigenvalue weighted by molar-refractivity contribution is -0.385. The first-order valence-electron chi connectivity index (χ1n) is 5.00. The molecule has 0 spiro atoms. The monoisotopic (exact) mass is 312 g/mol. The predicted octanol–water partition coefficient (Wildman–Crippen LogP) is 2.54. The van der Waals surface area contributed by atoms with E-state index >= 15 is 0 Å². The molecule has 0 fully saturated rings. The molecular weight excluding hydrogens is 304 g/mol. The van der Waals surface area contributed by atoms with E-state index < -0.39 is 10.9 Å². The van der Waals surface area contributed by atoms with Crippen molar-refractivity contribution < 1.29 is 14.5 Å². The van der Waals surface area contributed by atoms with Crippen molar-refractivity contribution in [1.29, 1.82) is 5.26 Å². The molecule has 0 N–H and O–H groups in total. The second kappa shape index (κ2) is 6.12. The molecule has 1 aromatic carbocycles. The third-order valence-corrected chi connectivity index (χ3v) is 2.80. The van der Waals surface area contributed by atoms with Crippen molar-refractivity contribution in [2.24, 2.45) is 0 Å². The van der Waals surface area contributed by atoms with E-state index in [0.29, 0.717) is 5.56 Å². The van der Waals surface area contributed by atoms with Crippen LogP contribution in [0.25, 0.3) is 0 Å². The minimum atomic E-state index is -0.738. The Morgan fingerprint density at radius 3 is 2.72 bits per heavy atom. The van der Waals surface area contributed by atoms with Gasteiger partial charge in [0.1, 0.15) is 11.6 Å². The molecule has 94 valence electrons. The number of carbonyl (C=O) groups excluding carboxylic acids is 1. The molecule has 18 heavy (non-hydrogen) atoms. The zero-order valence-electron chi connectivity index (χ0n) is 9.47. The summed E-state index contributed by atoms with van der Waals surface area (Å²) in [6, 6.07) is 4.49. The van der Waals surface area contributed by atoms with Crippen LogP contribution >= 0.6 is 15.9 Å². The third-order valence-electron chi connectivity index (χ3n) is 2.20. The van der Waals surface area contributed by atoms with Gasteiger partial charge in [0.2, 0.25) is 0 Å². The summed E-state index contributed by atoms with van der Waals surface area (Å²) in [6.07, 6.45) is 0. The summed E-state index contributed by atoms with van der Waals surface area (Å²) in [7, 11) is 0. The second-order valence-corrected chi connectivity index (χ2v) is 3.78. The molecule has 0 unspecified atom stereocenters. The summed E-state index contributed by atoms with van der Waals surface area (Å²) in [5.74, 6) is -0.738. The van der Waals surface area contributed by atoms with Gasteiger partial charge in [-0.3, -0.25) is 10.1 Å². The molecule has 6 nitrogen and oxygen atoms in total. The molecule has 7 heteroatoms. The minimum Gasteiger partial charge on any atom is -0.462 e. The molecule has 0 amide bonds. The van der Waals surface area contributed by atoms with E-state index in [1.807, 2.05) is 0 Å². The molecule has 0 radical (unpaired) electrons. The van der Waals surface area contributed by atoms with Gasteiger partial charge in [0.05, 0.1) is 17.1 Å². The number of halogens is 1. The lowest BCUT2D eigenvalue weighted by atomic mass is 10.0. The van der Waals surface area contributed by atoms with Crippen LogP contribution in [0.15, 0.2) is 12.1 Å². The average Bonchev–Trinajstić information content (AvgIpc) is 2.36. The summed E-state index contributed by atoms with van der Waals surface area (Å²) in [5.41, 5.74) is -0.379. The molecule has 0 aliphatic rings. The van der Waals surface area contributed by atoms with Crippen molar-refractivity contribution in [3.05, 3.63) is 38.9 Å². The normalized spacial score (nSPS) is 9.61. The van der Waals surface area contributed by atoms with Crippen molar-refractivity contribution in [3.8, 4) is 6.07 Å². The summed E-state index contributed by atoms with van der Waals surface area (Å²) in [6.45, 7) is 1.75. The number of hydrogen-bond donors (Lipinski definition) is 0. The number of nitro benzene ring substituents is 1. The maximum atomic E-state index is 11.6.